The SMILES string of the molecule is C[C@H]1CCc2c(F)cccc2[C@@H]1NC(=O)c1n[nH]c(=O)[nH]1. The van der Waals surface area contributed by atoms with Crippen molar-refractivity contribution in [2.75, 3.05) is 0 Å². The maximum absolute atomic E-state index is 13.9. The first-order valence-electron chi connectivity index (χ1n) is 6.79. The number of amides is 1. The van der Waals surface area contributed by atoms with Crippen LogP contribution in [0.25, 0.3) is 0 Å². The summed E-state index contributed by atoms with van der Waals surface area (Å²) in [6, 6.07) is 4.60. The summed E-state index contributed by atoms with van der Waals surface area (Å²) >= 11 is 0. The van der Waals surface area contributed by atoms with Gasteiger partial charge in [-0.1, -0.05) is 19.1 Å². The van der Waals surface area contributed by atoms with Gasteiger partial charge in [-0.2, -0.15) is 0 Å². The molecule has 0 bridgehead atoms. The number of nitrogens with zero attached hydrogens (tertiary/aromatic N) is 1. The van der Waals surface area contributed by atoms with Gasteiger partial charge in [0.15, 0.2) is 0 Å². The zero-order valence-corrected chi connectivity index (χ0v) is 11.4. The molecule has 0 fully saturated rings. The van der Waals surface area contributed by atoms with E-state index in [2.05, 4.69) is 20.5 Å². The number of rotatable bonds is 2. The number of nitrogens with one attached hydrogen (secondary N) is 3. The first-order valence-corrected chi connectivity index (χ1v) is 6.79. The molecule has 1 amide bonds. The number of halogens is 1. The molecule has 2 aromatic rings. The van der Waals surface area contributed by atoms with Crippen molar-refractivity contribution in [3.63, 3.8) is 0 Å². The molecule has 0 saturated heterocycles. The molecule has 1 aliphatic carbocycles. The molecule has 2 atom stereocenters. The smallest absolute Gasteiger partial charge is 0.341 e. The summed E-state index contributed by atoms with van der Waals surface area (Å²) in [5, 5.41) is 8.57. The van der Waals surface area contributed by atoms with Gasteiger partial charge in [0, 0.05) is 0 Å². The van der Waals surface area contributed by atoms with Crippen LogP contribution in [0.4, 0.5) is 4.39 Å². The molecule has 1 aromatic carbocycles. The second-order valence-electron chi connectivity index (χ2n) is 5.30. The summed E-state index contributed by atoms with van der Waals surface area (Å²) in [5.41, 5.74) is 0.902. The largest absolute Gasteiger partial charge is 0.342 e. The average Bonchev–Trinajstić information content (AvgIpc) is 2.89. The predicted octanol–water partition coefficient (Wildman–Crippen LogP) is 1.29. The number of H-pyrrole nitrogens is 2. The highest BCUT2D eigenvalue weighted by Crippen LogP contribution is 2.35. The van der Waals surface area contributed by atoms with E-state index in [0.717, 1.165) is 12.0 Å². The summed E-state index contributed by atoms with van der Waals surface area (Å²) in [7, 11) is 0. The molecule has 3 rings (SSSR count). The molecule has 1 aliphatic rings. The van der Waals surface area contributed by atoms with Crippen LogP contribution in [0.3, 0.4) is 0 Å². The Balaban J connectivity index is 1.90. The van der Waals surface area contributed by atoms with Crippen molar-refractivity contribution in [2.24, 2.45) is 5.92 Å². The molecule has 6 nitrogen and oxygen atoms in total. The van der Waals surface area contributed by atoms with Gasteiger partial charge in [-0.3, -0.25) is 9.78 Å². The van der Waals surface area contributed by atoms with Crippen molar-refractivity contribution >= 4 is 5.91 Å². The lowest BCUT2D eigenvalue weighted by Gasteiger charge is -2.32. The highest BCUT2D eigenvalue weighted by molar-refractivity contribution is 5.90. The molecule has 7 heteroatoms. The lowest BCUT2D eigenvalue weighted by Crippen LogP contribution is -2.36. The monoisotopic (exact) mass is 290 g/mol. The van der Waals surface area contributed by atoms with E-state index in [1.165, 1.54) is 6.07 Å². The Hall–Kier alpha value is -2.44. The maximum atomic E-state index is 13.9. The predicted molar refractivity (Wildman–Crippen MR) is 73.3 cm³/mol. The summed E-state index contributed by atoms with van der Waals surface area (Å²) in [6.07, 6.45) is 1.45. The Kier molecular flexibility index (Phi) is 3.32. The highest BCUT2D eigenvalue weighted by Gasteiger charge is 2.30. The fraction of sp³-hybridized carbons (Fsp3) is 0.357. The fourth-order valence-electron chi connectivity index (χ4n) is 2.78. The average molecular weight is 290 g/mol. The summed E-state index contributed by atoms with van der Waals surface area (Å²) in [5.74, 6) is -0.626. The Bertz CT molecular complexity index is 737. The topological polar surface area (TPSA) is 90.6 Å². The van der Waals surface area contributed by atoms with Gasteiger partial charge in [0.25, 0.3) is 5.91 Å². The molecule has 21 heavy (non-hydrogen) atoms. The summed E-state index contributed by atoms with van der Waals surface area (Å²) < 4.78 is 13.9. The van der Waals surface area contributed by atoms with Gasteiger partial charge in [-0.05, 0) is 36.0 Å². The first kappa shape index (κ1) is 13.5. The molecule has 110 valence electrons. The van der Waals surface area contributed by atoms with Crippen LogP contribution in [0.15, 0.2) is 23.0 Å². The fourth-order valence-corrected chi connectivity index (χ4v) is 2.78. The van der Waals surface area contributed by atoms with Crippen molar-refractivity contribution in [1.29, 1.82) is 0 Å². The third kappa shape index (κ3) is 2.46. The van der Waals surface area contributed by atoms with Crippen molar-refractivity contribution in [2.45, 2.75) is 25.8 Å². The maximum Gasteiger partial charge on any atom is 0.341 e. The van der Waals surface area contributed by atoms with Crippen molar-refractivity contribution < 1.29 is 9.18 Å². The zero-order valence-electron chi connectivity index (χ0n) is 11.4. The lowest BCUT2D eigenvalue weighted by molar-refractivity contribution is 0.0908. The molecule has 1 heterocycles. The van der Waals surface area contributed by atoms with E-state index >= 15 is 0 Å². The van der Waals surface area contributed by atoms with E-state index in [1.807, 2.05) is 13.0 Å². The Morgan fingerprint density at radius 2 is 2.29 bits per heavy atom. The minimum Gasteiger partial charge on any atom is -0.342 e. The Morgan fingerprint density at radius 1 is 1.48 bits per heavy atom. The third-order valence-electron chi connectivity index (χ3n) is 3.91. The normalized spacial score (nSPS) is 20.9. The van der Waals surface area contributed by atoms with Crippen LogP contribution in [0, 0.1) is 11.7 Å². The lowest BCUT2D eigenvalue weighted by atomic mass is 9.80. The van der Waals surface area contributed by atoms with E-state index in [-0.39, 0.29) is 23.6 Å². The molecule has 3 N–H and O–H groups in total. The Morgan fingerprint density at radius 3 is 3.00 bits per heavy atom. The van der Waals surface area contributed by atoms with Crippen LogP contribution in [-0.4, -0.2) is 21.1 Å². The van der Waals surface area contributed by atoms with Crippen LogP contribution in [-0.2, 0) is 6.42 Å². The van der Waals surface area contributed by atoms with Crippen LogP contribution in [0.1, 0.15) is 41.1 Å². The molecule has 0 spiro atoms. The number of carbonyl (C=O) groups excluding carboxylic acids is 1. The highest BCUT2D eigenvalue weighted by atomic mass is 19.1. The first-order chi connectivity index (χ1) is 10.1. The second kappa shape index (κ2) is 5.16. The number of benzene rings is 1. The Labute approximate surface area is 119 Å². The van der Waals surface area contributed by atoms with Crippen LogP contribution < -0.4 is 11.0 Å². The van der Waals surface area contributed by atoms with Gasteiger partial charge in [-0.15, -0.1) is 5.10 Å². The van der Waals surface area contributed by atoms with Gasteiger partial charge in [0.05, 0.1) is 6.04 Å². The van der Waals surface area contributed by atoms with Gasteiger partial charge >= 0.3 is 5.69 Å². The minimum atomic E-state index is -0.539. The molecule has 0 radical (unpaired) electrons. The molecule has 0 unspecified atom stereocenters. The van der Waals surface area contributed by atoms with E-state index < -0.39 is 11.6 Å². The van der Waals surface area contributed by atoms with E-state index in [0.29, 0.717) is 12.0 Å². The van der Waals surface area contributed by atoms with Gasteiger partial charge in [0.2, 0.25) is 5.82 Å². The van der Waals surface area contributed by atoms with Gasteiger partial charge < -0.3 is 5.32 Å². The van der Waals surface area contributed by atoms with Crippen molar-refractivity contribution in [3.05, 3.63) is 51.5 Å². The zero-order chi connectivity index (χ0) is 15.0. The number of carbonyl (C=O) groups is 1. The summed E-state index contributed by atoms with van der Waals surface area (Å²) in [6.45, 7) is 2.01. The standard InChI is InChI=1S/C14H15FN4O2/c1-7-5-6-8-9(3-2-4-10(8)15)11(7)16-13(20)12-17-14(21)19-18-12/h2-4,7,11H,5-6H2,1H3,(H,16,20)(H2,17,18,19,21)/t7-,11+/m0/s1. The molecule has 0 aliphatic heterocycles. The molecular formula is C14H15FN4O2. The number of aromatic amines is 2. The van der Waals surface area contributed by atoms with Crippen molar-refractivity contribution in [1.82, 2.24) is 20.5 Å². The minimum absolute atomic E-state index is 0.0734. The van der Waals surface area contributed by atoms with Crippen LogP contribution >= 0.6 is 0 Å². The van der Waals surface area contributed by atoms with Gasteiger partial charge in [0.1, 0.15) is 5.82 Å². The van der Waals surface area contributed by atoms with E-state index in [9.17, 15) is 14.0 Å². The molecular weight excluding hydrogens is 275 g/mol. The van der Waals surface area contributed by atoms with E-state index in [1.54, 1.807) is 6.07 Å². The number of fused-ring (bicyclic) bond motifs is 1. The molecule has 0 saturated carbocycles. The third-order valence-corrected chi connectivity index (χ3v) is 3.91. The summed E-state index contributed by atoms with van der Waals surface area (Å²) in [4.78, 5) is 25.4. The second-order valence-corrected chi connectivity index (χ2v) is 5.30. The quantitative estimate of drug-likeness (QED) is 0.778. The van der Waals surface area contributed by atoms with Crippen LogP contribution in [0.5, 0.6) is 0 Å². The van der Waals surface area contributed by atoms with Crippen molar-refractivity contribution in [3.8, 4) is 0 Å². The number of hydrogen-bond donors (Lipinski definition) is 3. The van der Waals surface area contributed by atoms with Crippen LogP contribution in [0.2, 0.25) is 0 Å². The van der Waals surface area contributed by atoms with E-state index in [4.69, 9.17) is 0 Å². The van der Waals surface area contributed by atoms with Gasteiger partial charge in [-0.25, -0.2) is 14.3 Å². The number of hydrogen-bond acceptors (Lipinski definition) is 3. The molecule has 1 aromatic heterocycles. The number of aromatic nitrogens is 3.